The summed E-state index contributed by atoms with van der Waals surface area (Å²) < 4.78 is 5.91. The summed E-state index contributed by atoms with van der Waals surface area (Å²) in [6.45, 7) is 0.549. The molecule has 6 nitrogen and oxygen atoms in total. The third-order valence-electron chi connectivity index (χ3n) is 3.96. The Morgan fingerprint density at radius 2 is 2.13 bits per heavy atom. The maximum Gasteiger partial charge on any atom is 0.252 e. The molecule has 0 atom stereocenters. The zero-order chi connectivity index (χ0) is 16.1. The first-order chi connectivity index (χ1) is 11.2. The van der Waals surface area contributed by atoms with Crippen molar-refractivity contribution >= 4 is 11.6 Å². The van der Waals surface area contributed by atoms with E-state index in [1.165, 1.54) is 19.0 Å². The Morgan fingerprint density at radius 3 is 2.91 bits per heavy atom. The van der Waals surface area contributed by atoms with E-state index in [2.05, 4.69) is 15.3 Å². The summed E-state index contributed by atoms with van der Waals surface area (Å²) in [6.07, 6.45) is 9.76. The maximum atomic E-state index is 11.4. The van der Waals surface area contributed by atoms with Crippen LogP contribution in [0.25, 0.3) is 0 Å². The van der Waals surface area contributed by atoms with E-state index in [1.54, 1.807) is 18.5 Å². The highest BCUT2D eigenvalue weighted by molar-refractivity contribution is 5.98. The van der Waals surface area contributed by atoms with Crippen molar-refractivity contribution < 1.29 is 9.53 Å². The summed E-state index contributed by atoms with van der Waals surface area (Å²) >= 11 is 0. The number of hydrogen-bond donors (Lipinski definition) is 2. The van der Waals surface area contributed by atoms with Crippen molar-refractivity contribution in [3.05, 3.63) is 47.9 Å². The lowest BCUT2D eigenvalue weighted by molar-refractivity contribution is 0.100. The Balaban J connectivity index is 1.65. The lowest BCUT2D eigenvalue weighted by Gasteiger charge is -2.13. The van der Waals surface area contributed by atoms with Crippen LogP contribution in [0.2, 0.25) is 0 Å². The molecule has 0 spiro atoms. The second kappa shape index (κ2) is 7.09. The van der Waals surface area contributed by atoms with Gasteiger partial charge in [-0.1, -0.05) is 0 Å². The van der Waals surface area contributed by atoms with Gasteiger partial charge in [0.25, 0.3) is 5.91 Å². The van der Waals surface area contributed by atoms with Crippen molar-refractivity contribution in [2.45, 2.75) is 38.3 Å². The number of nitrogens with zero attached hydrogens (tertiary/aromatic N) is 2. The van der Waals surface area contributed by atoms with E-state index in [9.17, 15) is 4.79 Å². The third kappa shape index (κ3) is 3.97. The molecule has 0 aliphatic heterocycles. The second-order valence-electron chi connectivity index (χ2n) is 5.67. The minimum absolute atomic E-state index is 0.285. The standard InChI is InChI=1S/C17H20N4O2/c18-17(22)14-11-19-7-6-15(14)21-10-12-5-8-20-16(9-12)23-13-3-1-2-4-13/h5-9,11,13H,1-4,10H2,(H2,18,22)(H,19,21). The lowest BCUT2D eigenvalue weighted by atomic mass is 10.2. The number of carbonyl (C=O) groups is 1. The molecule has 0 bridgehead atoms. The molecular weight excluding hydrogens is 292 g/mol. The topological polar surface area (TPSA) is 90.1 Å². The van der Waals surface area contributed by atoms with E-state index in [0.29, 0.717) is 23.7 Å². The molecule has 0 unspecified atom stereocenters. The Labute approximate surface area is 135 Å². The number of hydrogen-bond acceptors (Lipinski definition) is 5. The molecule has 2 aromatic rings. The van der Waals surface area contributed by atoms with Crippen LogP contribution in [0.5, 0.6) is 5.88 Å². The zero-order valence-corrected chi connectivity index (χ0v) is 12.9. The minimum atomic E-state index is -0.499. The molecule has 1 aliphatic carbocycles. The molecule has 1 saturated carbocycles. The van der Waals surface area contributed by atoms with E-state index in [0.717, 1.165) is 18.4 Å². The van der Waals surface area contributed by atoms with Crippen LogP contribution in [-0.4, -0.2) is 22.0 Å². The Bertz CT molecular complexity index is 684. The van der Waals surface area contributed by atoms with Gasteiger partial charge in [-0.2, -0.15) is 0 Å². The molecule has 1 amide bonds. The van der Waals surface area contributed by atoms with Gasteiger partial charge < -0.3 is 15.8 Å². The van der Waals surface area contributed by atoms with E-state index < -0.39 is 5.91 Å². The summed E-state index contributed by atoms with van der Waals surface area (Å²) in [6, 6.07) is 5.58. The number of anilines is 1. The van der Waals surface area contributed by atoms with Gasteiger partial charge in [0.05, 0.1) is 11.3 Å². The van der Waals surface area contributed by atoms with Crippen molar-refractivity contribution in [1.29, 1.82) is 0 Å². The molecule has 0 saturated heterocycles. The first-order valence-corrected chi connectivity index (χ1v) is 7.81. The number of nitrogens with one attached hydrogen (secondary N) is 1. The van der Waals surface area contributed by atoms with Gasteiger partial charge in [-0.15, -0.1) is 0 Å². The highest BCUT2D eigenvalue weighted by atomic mass is 16.5. The van der Waals surface area contributed by atoms with E-state index in [-0.39, 0.29) is 6.10 Å². The van der Waals surface area contributed by atoms with Gasteiger partial charge in [0.1, 0.15) is 6.10 Å². The molecule has 2 aromatic heterocycles. The van der Waals surface area contributed by atoms with Crippen molar-refractivity contribution in [3.63, 3.8) is 0 Å². The van der Waals surface area contributed by atoms with Gasteiger partial charge in [-0.05, 0) is 43.4 Å². The molecule has 6 heteroatoms. The van der Waals surface area contributed by atoms with Gasteiger partial charge in [0.15, 0.2) is 0 Å². The quantitative estimate of drug-likeness (QED) is 0.855. The zero-order valence-electron chi connectivity index (χ0n) is 12.9. The maximum absolute atomic E-state index is 11.4. The van der Waals surface area contributed by atoms with E-state index >= 15 is 0 Å². The second-order valence-corrected chi connectivity index (χ2v) is 5.67. The number of amides is 1. The number of aromatic nitrogens is 2. The number of nitrogens with two attached hydrogens (primary N) is 1. The molecule has 0 radical (unpaired) electrons. The van der Waals surface area contributed by atoms with Gasteiger partial charge in [0, 0.05) is 31.2 Å². The average Bonchev–Trinajstić information content (AvgIpc) is 3.06. The summed E-state index contributed by atoms with van der Waals surface area (Å²) in [4.78, 5) is 19.6. The number of pyridine rings is 2. The van der Waals surface area contributed by atoms with E-state index in [4.69, 9.17) is 10.5 Å². The van der Waals surface area contributed by atoms with Crippen LogP contribution in [0.4, 0.5) is 5.69 Å². The van der Waals surface area contributed by atoms with Crippen LogP contribution in [0.3, 0.4) is 0 Å². The molecule has 3 N–H and O–H groups in total. The van der Waals surface area contributed by atoms with Gasteiger partial charge >= 0.3 is 0 Å². The number of ether oxygens (including phenoxy) is 1. The molecule has 2 heterocycles. The van der Waals surface area contributed by atoms with Crippen molar-refractivity contribution in [2.75, 3.05) is 5.32 Å². The number of rotatable bonds is 6. The Hall–Kier alpha value is -2.63. The highest BCUT2D eigenvalue weighted by Crippen LogP contribution is 2.23. The van der Waals surface area contributed by atoms with Crippen molar-refractivity contribution in [3.8, 4) is 5.88 Å². The van der Waals surface area contributed by atoms with Crippen LogP contribution >= 0.6 is 0 Å². The first-order valence-electron chi connectivity index (χ1n) is 7.81. The van der Waals surface area contributed by atoms with Crippen LogP contribution in [0, 0.1) is 0 Å². The van der Waals surface area contributed by atoms with Crippen molar-refractivity contribution in [1.82, 2.24) is 9.97 Å². The smallest absolute Gasteiger partial charge is 0.252 e. The summed E-state index contributed by atoms with van der Waals surface area (Å²) in [5, 5.41) is 3.21. The average molecular weight is 312 g/mol. The first kappa shape index (κ1) is 15.3. The van der Waals surface area contributed by atoms with E-state index in [1.807, 2.05) is 12.1 Å². The normalized spacial score (nSPS) is 14.6. The van der Waals surface area contributed by atoms with Gasteiger partial charge in [-0.25, -0.2) is 4.98 Å². The number of carbonyl (C=O) groups excluding carboxylic acids is 1. The molecule has 1 aliphatic rings. The Morgan fingerprint density at radius 1 is 1.30 bits per heavy atom. The molecular formula is C17H20N4O2. The summed E-state index contributed by atoms with van der Waals surface area (Å²) in [5.41, 5.74) is 7.43. The molecule has 120 valence electrons. The monoisotopic (exact) mass is 312 g/mol. The van der Waals surface area contributed by atoms with Crippen LogP contribution in [0.1, 0.15) is 41.6 Å². The summed E-state index contributed by atoms with van der Waals surface area (Å²) in [7, 11) is 0. The van der Waals surface area contributed by atoms with Crippen LogP contribution in [0.15, 0.2) is 36.8 Å². The Kier molecular flexibility index (Phi) is 4.71. The lowest BCUT2D eigenvalue weighted by Crippen LogP contribution is -2.15. The van der Waals surface area contributed by atoms with Gasteiger partial charge in [0.2, 0.25) is 5.88 Å². The van der Waals surface area contributed by atoms with Gasteiger partial charge in [-0.3, -0.25) is 9.78 Å². The third-order valence-corrected chi connectivity index (χ3v) is 3.96. The highest BCUT2D eigenvalue weighted by Gasteiger charge is 2.17. The SMILES string of the molecule is NC(=O)c1cnccc1NCc1ccnc(OC2CCCC2)c1. The predicted molar refractivity (Wildman–Crippen MR) is 87.2 cm³/mol. The fourth-order valence-corrected chi connectivity index (χ4v) is 2.74. The molecule has 23 heavy (non-hydrogen) atoms. The molecule has 1 fully saturated rings. The van der Waals surface area contributed by atoms with Crippen LogP contribution < -0.4 is 15.8 Å². The summed E-state index contributed by atoms with van der Waals surface area (Å²) in [5.74, 6) is 0.154. The van der Waals surface area contributed by atoms with Crippen LogP contribution in [-0.2, 0) is 6.54 Å². The van der Waals surface area contributed by atoms with Crippen molar-refractivity contribution in [2.24, 2.45) is 5.73 Å². The minimum Gasteiger partial charge on any atom is -0.474 e. The number of primary amides is 1. The largest absolute Gasteiger partial charge is 0.474 e. The fraction of sp³-hybridized carbons (Fsp3) is 0.353. The fourth-order valence-electron chi connectivity index (χ4n) is 2.74. The predicted octanol–water partition coefficient (Wildman–Crippen LogP) is 2.51. The molecule has 3 rings (SSSR count). The molecule has 0 aromatic carbocycles.